The summed E-state index contributed by atoms with van der Waals surface area (Å²) >= 11 is 0. The van der Waals surface area contributed by atoms with Gasteiger partial charge in [0.15, 0.2) is 0 Å². The molecule has 2 amide bonds. The van der Waals surface area contributed by atoms with Gasteiger partial charge in [-0.1, -0.05) is 68.4 Å². The highest BCUT2D eigenvalue weighted by Gasteiger charge is 2.27. The van der Waals surface area contributed by atoms with Gasteiger partial charge in [0.2, 0.25) is 0 Å². The number of hydrogen-bond donors (Lipinski definition) is 2. The van der Waals surface area contributed by atoms with Crippen molar-refractivity contribution < 1.29 is 22.7 Å². The molecule has 0 heterocycles. The highest BCUT2D eigenvalue weighted by atomic mass is 19.4. The molecule has 0 saturated heterocycles. The average molecular weight is 394 g/mol. The Kier molecular flexibility index (Phi) is 7.87. The van der Waals surface area contributed by atoms with Crippen molar-refractivity contribution in [1.82, 2.24) is 10.6 Å². The lowest BCUT2D eigenvalue weighted by atomic mass is 9.96. The van der Waals surface area contributed by atoms with Crippen LogP contribution in [-0.2, 0) is 17.9 Å². The van der Waals surface area contributed by atoms with Gasteiger partial charge in [-0.05, 0) is 22.6 Å². The Morgan fingerprint density at radius 1 is 1.00 bits per heavy atom. The lowest BCUT2D eigenvalue weighted by Gasteiger charge is -2.23. The predicted molar refractivity (Wildman–Crippen MR) is 102 cm³/mol. The first-order valence-corrected chi connectivity index (χ1v) is 9.06. The molecule has 0 fully saturated rings. The molecule has 4 nitrogen and oxygen atoms in total. The van der Waals surface area contributed by atoms with E-state index in [1.807, 2.05) is 44.2 Å². The first-order valence-electron chi connectivity index (χ1n) is 9.06. The van der Waals surface area contributed by atoms with Gasteiger partial charge in [-0.2, -0.15) is 13.2 Å². The Bertz CT molecular complexity index is 732. The number of carbonyl (C=O) groups is 1. The minimum Gasteiger partial charge on any atom is -0.367 e. The lowest BCUT2D eigenvalue weighted by Crippen LogP contribution is -2.39. The van der Waals surface area contributed by atoms with E-state index < -0.39 is 12.8 Å². The molecule has 0 saturated carbocycles. The third-order valence-electron chi connectivity index (χ3n) is 4.12. The van der Waals surface area contributed by atoms with E-state index in [2.05, 4.69) is 15.4 Å². The van der Waals surface area contributed by atoms with Crippen LogP contribution in [0, 0.1) is 5.92 Å². The van der Waals surface area contributed by atoms with Crippen LogP contribution in [0.4, 0.5) is 18.0 Å². The summed E-state index contributed by atoms with van der Waals surface area (Å²) in [6.45, 7) is 3.01. The normalized spacial score (nSPS) is 12.6. The molecule has 0 radical (unpaired) electrons. The lowest BCUT2D eigenvalue weighted by molar-refractivity contribution is -0.176. The molecule has 1 unspecified atom stereocenters. The van der Waals surface area contributed by atoms with Gasteiger partial charge < -0.3 is 15.4 Å². The molecule has 1 atom stereocenters. The van der Waals surface area contributed by atoms with Crippen LogP contribution in [0.1, 0.15) is 36.6 Å². The van der Waals surface area contributed by atoms with E-state index in [1.165, 1.54) is 0 Å². The van der Waals surface area contributed by atoms with E-state index in [0.29, 0.717) is 12.1 Å². The van der Waals surface area contributed by atoms with E-state index >= 15 is 0 Å². The van der Waals surface area contributed by atoms with Crippen LogP contribution in [0.3, 0.4) is 0 Å². The van der Waals surface area contributed by atoms with Crippen molar-refractivity contribution >= 4 is 6.03 Å². The number of carbonyl (C=O) groups excluding carboxylic acids is 1. The quantitative estimate of drug-likeness (QED) is 0.665. The van der Waals surface area contributed by atoms with E-state index in [1.54, 1.807) is 24.3 Å². The van der Waals surface area contributed by atoms with Crippen molar-refractivity contribution in [2.75, 3.05) is 6.61 Å². The molecule has 2 rings (SSSR count). The van der Waals surface area contributed by atoms with Crippen molar-refractivity contribution in [2.45, 2.75) is 39.2 Å². The zero-order chi connectivity index (χ0) is 20.6. The van der Waals surface area contributed by atoms with Crippen LogP contribution >= 0.6 is 0 Å². The summed E-state index contributed by atoms with van der Waals surface area (Å²) in [6.07, 6.45) is -4.33. The zero-order valence-electron chi connectivity index (χ0n) is 15.9. The SMILES string of the molecule is CC(C)C(NC(=O)NCc1ccc(COCC(F)(F)F)cc1)c1ccccc1. The molecule has 7 heteroatoms. The number of alkyl halides is 3. The molecular weight excluding hydrogens is 369 g/mol. The minimum atomic E-state index is -4.33. The third kappa shape index (κ3) is 7.60. The molecular formula is C21H25F3N2O2. The van der Waals surface area contributed by atoms with Crippen LogP contribution in [0.2, 0.25) is 0 Å². The number of nitrogens with one attached hydrogen (secondary N) is 2. The number of benzene rings is 2. The molecule has 152 valence electrons. The summed E-state index contributed by atoms with van der Waals surface area (Å²) in [7, 11) is 0. The highest BCUT2D eigenvalue weighted by molar-refractivity contribution is 5.74. The van der Waals surface area contributed by atoms with Gasteiger partial charge in [-0.25, -0.2) is 4.79 Å². The summed E-state index contributed by atoms with van der Waals surface area (Å²) in [5.74, 6) is 0.226. The van der Waals surface area contributed by atoms with Crippen molar-refractivity contribution in [2.24, 2.45) is 5.92 Å². The molecule has 0 aliphatic rings. The van der Waals surface area contributed by atoms with Crippen LogP contribution in [0.5, 0.6) is 0 Å². The van der Waals surface area contributed by atoms with E-state index in [4.69, 9.17) is 0 Å². The van der Waals surface area contributed by atoms with Gasteiger partial charge in [0.25, 0.3) is 0 Å². The molecule has 2 aromatic carbocycles. The fourth-order valence-electron chi connectivity index (χ4n) is 2.71. The van der Waals surface area contributed by atoms with E-state index in [-0.39, 0.29) is 24.6 Å². The molecule has 0 aromatic heterocycles. The van der Waals surface area contributed by atoms with Gasteiger partial charge in [0.1, 0.15) is 6.61 Å². The summed E-state index contributed by atoms with van der Waals surface area (Å²) < 4.78 is 40.9. The van der Waals surface area contributed by atoms with Gasteiger partial charge in [0, 0.05) is 6.54 Å². The molecule has 28 heavy (non-hydrogen) atoms. The van der Waals surface area contributed by atoms with Crippen molar-refractivity contribution in [3.8, 4) is 0 Å². The second-order valence-electron chi connectivity index (χ2n) is 6.88. The minimum absolute atomic E-state index is 0.102. The van der Waals surface area contributed by atoms with E-state index in [0.717, 1.165) is 11.1 Å². The smallest absolute Gasteiger partial charge is 0.367 e. The van der Waals surface area contributed by atoms with Crippen molar-refractivity contribution in [1.29, 1.82) is 0 Å². The second kappa shape index (κ2) is 10.1. The van der Waals surface area contributed by atoms with Crippen LogP contribution < -0.4 is 10.6 Å². The zero-order valence-corrected chi connectivity index (χ0v) is 15.9. The van der Waals surface area contributed by atoms with Crippen molar-refractivity contribution in [3.05, 3.63) is 71.3 Å². The number of hydrogen-bond acceptors (Lipinski definition) is 2. The summed E-state index contributed by atoms with van der Waals surface area (Å²) in [6, 6.07) is 16.3. The fourth-order valence-corrected chi connectivity index (χ4v) is 2.71. The number of amides is 2. The highest BCUT2D eigenvalue weighted by Crippen LogP contribution is 2.21. The number of urea groups is 1. The number of ether oxygens (including phenoxy) is 1. The third-order valence-corrected chi connectivity index (χ3v) is 4.12. The standard InChI is InChI=1S/C21H25F3N2O2/c1-15(2)19(18-6-4-3-5-7-18)26-20(27)25-12-16-8-10-17(11-9-16)13-28-14-21(22,23)24/h3-11,15,19H,12-14H2,1-2H3,(H2,25,26,27). The largest absolute Gasteiger partial charge is 0.411 e. The van der Waals surface area contributed by atoms with Crippen LogP contribution in [0.15, 0.2) is 54.6 Å². The molecule has 0 spiro atoms. The van der Waals surface area contributed by atoms with Crippen LogP contribution in [0.25, 0.3) is 0 Å². The summed E-state index contributed by atoms with van der Waals surface area (Å²) in [5.41, 5.74) is 2.52. The monoisotopic (exact) mass is 394 g/mol. The topological polar surface area (TPSA) is 50.4 Å². The summed E-state index contributed by atoms with van der Waals surface area (Å²) in [5, 5.41) is 5.79. The van der Waals surface area contributed by atoms with Gasteiger partial charge in [-0.15, -0.1) is 0 Å². The Morgan fingerprint density at radius 2 is 1.61 bits per heavy atom. The van der Waals surface area contributed by atoms with Gasteiger partial charge in [0.05, 0.1) is 12.6 Å². The van der Waals surface area contributed by atoms with Gasteiger partial charge in [-0.3, -0.25) is 0 Å². The first-order chi connectivity index (χ1) is 13.2. The Labute approximate surface area is 163 Å². The van der Waals surface area contributed by atoms with Crippen molar-refractivity contribution in [3.63, 3.8) is 0 Å². The molecule has 0 aliphatic heterocycles. The number of halogens is 3. The molecule has 2 aromatic rings. The maximum Gasteiger partial charge on any atom is 0.411 e. The Balaban J connectivity index is 1.82. The van der Waals surface area contributed by atoms with Gasteiger partial charge >= 0.3 is 12.2 Å². The maximum absolute atomic E-state index is 12.3. The number of rotatable bonds is 8. The summed E-state index contributed by atoms with van der Waals surface area (Å²) in [4.78, 5) is 12.3. The maximum atomic E-state index is 12.3. The van der Waals surface area contributed by atoms with E-state index in [9.17, 15) is 18.0 Å². The average Bonchev–Trinajstić information content (AvgIpc) is 2.65. The van der Waals surface area contributed by atoms with Crippen LogP contribution in [-0.4, -0.2) is 18.8 Å². The molecule has 0 bridgehead atoms. The Hall–Kier alpha value is -2.54. The first kappa shape index (κ1) is 21.8. The predicted octanol–water partition coefficient (Wildman–Crippen LogP) is 4.96. The molecule has 2 N–H and O–H groups in total. The second-order valence-corrected chi connectivity index (χ2v) is 6.88. The Morgan fingerprint density at radius 3 is 2.18 bits per heavy atom. The molecule has 0 aliphatic carbocycles. The fraction of sp³-hybridized carbons (Fsp3) is 0.381.